The number of hydrogen-bond donors (Lipinski definition) is 3. The lowest BCUT2D eigenvalue weighted by molar-refractivity contribution is 0.374. The highest BCUT2D eigenvalue weighted by atomic mass is 79.9. The Kier molecular flexibility index (Phi) is 11.4. The van der Waals surface area contributed by atoms with Crippen molar-refractivity contribution in [1.29, 1.82) is 0 Å². The molecule has 0 amide bonds. The fourth-order valence-electron chi connectivity index (χ4n) is 0.390. The molecule has 3 N–H and O–H groups in total. The minimum atomic E-state index is -3.22. The first-order valence-corrected chi connectivity index (χ1v) is 6.40. The molecule has 72 valence electrons. The zero-order valence-corrected chi connectivity index (χ0v) is 9.36. The van der Waals surface area contributed by atoms with E-state index >= 15 is 0 Å². The van der Waals surface area contributed by atoms with Crippen molar-refractivity contribution in [2.75, 3.05) is 11.1 Å². The lowest BCUT2D eigenvalue weighted by Crippen LogP contribution is -2.00. The van der Waals surface area contributed by atoms with Gasteiger partial charge in [-0.3, -0.25) is 0 Å². The van der Waals surface area contributed by atoms with Crippen LogP contribution in [0.5, 0.6) is 0 Å². The van der Waals surface area contributed by atoms with Crippen molar-refractivity contribution in [2.24, 2.45) is 0 Å². The second kappa shape index (κ2) is 8.80. The van der Waals surface area contributed by atoms with Gasteiger partial charge >= 0.3 is 0 Å². The fraction of sp³-hybridized carbons (Fsp3) is 1.00. The number of halogens is 1. The van der Waals surface area contributed by atoms with E-state index in [2.05, 4.69) is 15.9 Å². The Bertz CT molecular complexity index is 74.7. The summed E-state index contributed by atoms with van der Waals surface area (Å²) in [6, 6.07) is 0. The molecule has 11 heavy (non-hydrogen) atoms. The van der Waals surface area contributed by atoms with E-state index in [0.29, 0.717) is 6.42 Å². The maximum Gasteiger partial charge on any atom is 0.0810 e. The molecule has 0 aromatic rings. The fourth-order valence-corrected chi connectivity index (χ4v) is 1.38. The average molecular weight is 249 g/mol. The van der Waals surface area contributed by atoms with Gasteiger partial charge in [-0.1, -0.05) is 29.8 Å². The molecule has 0 radical (unpaired) electrons. The predicted octanol–water partition coefficient (Wildman–Crippen LogP) is 3.41. The summed E-state index contributed by atoms with van der Waals surface area (Å²) in [5.74, 6) is 0.0958. The minimum absolute atomic E-state index is 0.0958. The van der Waals surface area contributed by atoms with Crippen molar-refractivity contribution in [3.05, 3.63) is 0 Å². The topological polar surface area (TPSA) is 60.7 Å². The van der Waals surface area contributed by atoms with Crippen LogP contribution in [-0.4, -0.2) is 24.7 Å². The quantitative estimate of drug-likeness (QED) is 0.528. The normalized spacial score (nSPS) is 11.8. The molecule has 0 fully saturated rings. The molecule has 0 rings (SSSR count). The summed E-state index contributed by atoms with van der Waals surface area (Å²) in [5, 5.41) is 0.836. The molecule has 0 aromatic carbocycles. The first-order chi connectivity index (χ1) is 5.06. The van der Waals surface area contributed by atoms with Gasteiger partial charge in [0.15, 0.2) is 0 Å². The molecule has 0 heterocycles. The van der Waals surface area contributed by atoms with E-state index in [1.807, 2.05) is 13.8 Å². The summed E-state index contributed by atoms with van der Waals surface area (Å²) in [4.78, 5) is 0. The average Bonchev–Trinajstić information content (AvgIpc) is 1.90. The van der Waals surface area contributed by atoms with Crippen LogP contribution >= 0.6 is 26.8 Å². The smallest absolute Gasteiger partial charge is 0.0810 e. The molecule has 3 nitrogen and oxygen atoms in total. The molecule has 0 unspecified atom stereocenters. The third-order valence-electron chi connectivity index (χ3n) is 0.802. The minimum Gasteiger partial charge on any atom is -0.308 e. The first kappa shape index (κ1) is 14.2. The molecule has 5 heteroatoms. The summed E-state index contributed by atoms with van der Waals surface area (Å²) >= 11 is 3.18. The Hall–Kier alpha value is 0.710. The van der Waals surface area contributed by atoms with Crippen molar-refractivity contribution in [2.45, 2.75) is 26.7 Å². The van der Waals surface area contributed by atoms with Gasteiger partial charge in [-0.2, -0.15) is 0 Å². The van der Waals surface area contributed by atoms with Crippen LogP contribution in [0.4, 0.5) is 0 Å². The van der Waals surface area contributed by atoms with Gasteiger partial charge in [0, 0.05) is 11.1 Å². The van der Waals surface area contributed by atoms with Crippen molar-refractivity contribution in [1.82, 2.24) is 0 Å². The molecular weight excluding hydrogens is 232 g/mol. The Labute approximate surface area is 78.5 Å². The third kappa shape index (κ3) is 18.0. The number of rotatable bonds is 4. The Morgan fingerprint density at radius 2 is 1.55 bits per heavy atom. The van der Waals surface area contributed by atoms with Gasteiger partial charge in [0.1, 0.15) is 0 Å². The highest BCUT2D eigenvalue weighted by Gasteiger charge is 2.08. The van der Waals surface area contributed by atoms with Gasteiger partial charge in [-0.05, 0) is 12.8 Å². The number of hydrogen-bond acceptors (Lipinski definition) is 3. The number of unbranched alkanes of at least 4 members (excludes halogenated alkanes) is 1. The Balaban J connectivity index is 0. The molecule has 0 spiro atoms. The van der Waals surface area contributed by atoms with Gasteiger partial charge in [0.05, 0.1) is 10.9 Å². The van der Waals surface area contributed by atoms with Crippen LogP contribution in [0.25, 0.3) is 0 Å². The van der Waals surface area contributed by atoms with Crippen LogP contribution in [0.3, 0.4) is 0 Å². The van der Waals surface area contributed by atoms with Crippen LogP contribution in [0.2, 0.25) is 0 Å². The van der Waals surface area contributed by atoms with E-state index in [-0.39, 0.29) is 5.75 Å². The number of alkyl halides is 1. The predicted molar refractivity (Wildman–Crippen MR) is 54.7 cm³/mol. The third-order valence-corrected chi connectivity index (χ3v) is 2.20. The molecule has 0 saturated carbocycles. The van der Waals surface area contributed by atoms with Crippen LogP contribution in [0.1, 0.15) is 26.7 Å². The second-order valence-corrected chi connectivity index (χ2v) is 4.20. The van der Waals surface area contributed by atoms with Gasteiger partial charge in [0.25, 0.3) is 0 Å². The second-order valence-electron chi connectivity index (χ2n) is 1.73. The molecule has 0 aliphatic carbocycles. The maximum absolute atomic E-state index is 8.42. The maximum atomic E-state index is 8.42. The largest absolute Gasteiger partial charge is 0.308 e. The molecule has 0 aromatic heterocycles. The van der Waals surface area contributed by atoms with Crippen LogP contribution in [-0.2, 0) is 0 Å². The van der Waals surface area contributed by atoms with Crippen molar-refractivity contribution in [3.8, 4) is 0 Å². The van der Waals surface area contributed by atoms with E-state index in [1.165, 1.54) is 0 Å². The first-order valence-electron chi connectivity index (χ1n) is 3.60. The van der Waals surface area contributed by atoms with Crippen LogP contribution < -0.4 is 0 Å². The zero-order chi connectivity index (χ0) is 9.33. The van der Waals surface area contributed by atoms with Gasteiger partial charge in [-0.25, -0.2) is 0 Å². The highest BCUT2D eigenvalue weighted by Crippen LogP contribution is 2.33. The highest BCUT2D eigenvalue weighted by molar-refractivity contribution is 9.09. The molecular formula is C6H17BrO3S. The monoisotopic (exact) mass is 248 g/mol. The summed E-state index contributed by atoms with van der Waals surface area (Å²) in [7, 11) is -3.22. The van der Waals surface area contributed by atoms with E-state index in [0.717, 1.165) is 11.8 Å². The molecule has 0 saturated heterocycles. The van der Waals surface area contributed by atoms with E-state index in [1.54, 1.807) is 0 Å². The van der Waals surface area contributed by atoms with Crippen molar-refractivity contribution >= 4 is 26.8 Å². The van der Waals surface area contributed by atoms with Crippen LogP contribution in [0.15, 0.2) is 0 Å². The van der Waals surface area contributed by atoms with Gasteiger partial charge < -0.3 is 13.7 Å². The van der Waals surface area contributed by atoms with E-state index in [4.69, 9.17) is 13.7 Å². The molecule has 0 aliphatic heterocycles. The standard InChI is InChI=1S/C4H11BrO3S.C2H6/c5-3-1-2-4-9(6,7)8;1-2/h6-8H,1-4H2;1-2H3. The lowest BCUT2D eigenvalue weighted by atomic mass is 10.4. The van der Waals surface area contributed by atoms with Crippen molar-refractivity contribution in [3.63, 3.8) is 0 Å². The molecule has 0 atom stereocenters. The van der Waals surface area contributed by atoms with Crippen LogP contribution in [0, 0.1) is 0 Å². The molecule has 0 bridgehead atoms. The summed E-state index contributed by atoms with van der Waals surface area (Å²) < 4.78 is 25.3. The Morgan fingerprint density at radius 1 is 1.09 bits per heavy atom. The molecule has 0 aliphatic rings. The summed E-state index contributed by atoms with van der Waals surface area (Å²) in [5.41, 5.74) is 0. The van der Waals surface area contributed by atoms with Crippen molar-refractivity contribution < 1.29 is 13.7 Å². The zero-order valence-electron chi connectivity index (χ0n) is 6.96. The summed E-state index contributed by atoms with van der Waals surface area (Å²) in [6.45, 7) is 4.00. The lowest BCUT2D eigenvalue weighted by Gasteiger charge is -2.17. The SMILES string of the molecule is CC.OS(O)(O)CCCCBr. The van der Waals surface area contributed by atoms with Gasteiger partial charge in [-0.15, -0.1) is 0 Å². The summed E-state index contributed by atoms with van der Waals surface area (Å²) in [6.07, 6.45) is 1.50. The van der Waals surface area contributed by atoms with E-state index < -0.39 is 10.9 Å². The van der Waals surface area contributed by atoms with Gasteiger partial charge in [0.2, 0.25) is 0 Å². The van der Waals surface area contributed by atoms with E-state index in [9.17, 15) is 0 Å². The Morgan fingerprint density at radius 3 is 1.82 bits per heavy atom.